The Morgan fingerprint density at radius 3 is 2.61 bits per heavy atom. The van der Waals surface area contributed by atoms with Gasteiger partial charge in [-0.05, 0) is 43.0 Å². The average molecular weight is 310 g/mol. The Kier molecular flexibility index (Phi) is 4.11. The fourth-order valence-electron chi connectivity index (χ4n) is 3.06. The molecule has 2 fully saturated rings. The van der Waals surface area contributed by atoms with Crippen molar-refractivity contribution in [1.29, 1.82) is 0 Å². The van der Waals surface area contributed by atoms with Crippen molar-refractivity contribution in [1.82, 2.24) is 9.97 Å². The van der Waals surface area contributed by atoms with E-state index in [9.17, 15) is 0 Å². The van der Waals surface area contributed by atoms with E-state index in [0.717, 1.165) is 37.8 Å². The Bertz CT molecular complexity index is 621. The van der Waals surface area contributed by atoms with Crippen LogP contribution in [0.15, 0.2) is 42.7 Å². The van der Waals surface area contributed by atoms with Crippen LogP contribution in [0.2, 0.25) is 0 Å². The molecule has 1 saturated carbocycles. The molecule has 23 heavy (non-hydrogen) atoms. The molecule has 2 aromatic rings. The summed E-state index contributed by atoms with van der Waals surface area (Å²) < 4.78 is 5.40. The first kappa shape index (κ1) is 14.5. The standard InChI is InChI=1S/C18H22N4O/c1-2-8-19-16(3-1)18(14-4-5-14)21-17-7-6-15(13-20-17)22-9-11-23-12-10-22/h1-3,6-8,13-14,18H,4-5,9-12H2,(H,20,21). The molecule has 0 amide bonds. The summed E-state index contributed by atoms with van der Waals surface area (Å²) in [4.78, 5) is 11.4. The summed E-state index contributed by atoms with van der Waals surface area (Å²) in [5.74, 6) is 1.59. The van der Waals surface area contributed by atoms with Crippen LogP contribution in [0, 0.1) is 5.92 Å². The summed E-state index contributed by atoms with van der Waals surface area (Å²) in [6.07, 6.45) is 6.34. The quantitative estimate of drug-likeness (QED) is 0.920. The lowest BCUT2D eigenvalue weighted by Crippen LogP contribution is -2.36. The summed E-state index contributed by atoms with van der Waals surface area (Å²) in [7, 11) is 0. The summed E-state index contributed by atoms with van der Waals surface area (Å²) >= 11 is 0. The van der Waals surface area contributed by atoms with Crippen molar-refractivity contribution in [2.45, 2.75) is 18.9 Å². The van der Waals surface area contributed by atoms with Crippen molar-refractivity contribution in [2.24, 2.45) is 5.92 Å². The van der Waals surface area contributed by atoms with Gasteiger partial charge in [0.2, 0.25) is 0 Å². The van der Waals surface area contributed by atoms with Crippen molar-refractivity contribution < 1.29 is 4.74 Å². The van der Waals surface area contributed by atoms with Crippen molar-refractivity contribution >= 4 is 11.5 Å². The molecule has 5 nitrogen and oxygen atoms in total. The van der Waals surface area contributed by atoms with Crippen LogP contribution in [0.3, 0.4) is 0 Å². The molecular weight excluding hydrogens is 288 g/mol. The second-order valence-corrected chi connectivity index (χ2v) is 6.22. The van der Waals surface area contributed by atoms with Gasteiger partial charge in [0.25, 0.3) is 0 Å². The summed E-state index contributed by atoms with van der Waals surface area (Å²) in [5, 5.41) is 3.57. The van der Waals surface area contributed by atoms with Gasteiger partial charge in [0, 0.05) is 19.3 Å². The van der Waals surface area contributed by atoms with Crippen LogP contribution in [0.1, 0.15) is 24.6 Å². The van der Waals surface area contributed by atoms with Crippen LogP contribution < -0.4 is 10.2 Å². The molecule has 1 saturated heterocycles. The molecule has 4 rings (SSSR count). The zero-order valence-electron chi connectivity index (χ0n) is 13.2. The van der Waals surface area contributed by atoms with Crippen LogP contribution in [0.4, 0.5) is 11.5 Å². The van der Waals surface area contributed by atoms with E-state index >= 15 is 0 Å². The first-order valence-electron chi connectivity index (χ1n) is 8.36. The highest BCUT2D eigenvalue weighted by Crippen LogP contribution is 2.42. The Labute approximate surface area is 136 Å². The van der Waals surface area contributed by atoms with E-state index in [4.69, 9.17) is 4.74 Å². The topological polar surface area (TPSA) is 50.3 Å². The molecule has 1 unspecified atom stereocenters. The van der Waals surface area contributed by atoms with Gasteiger partial charge in [0.15, 0.2) is 0 Å². The molecule has 0 aromatic carbocycles. The molecule has 3 heterocycles. The Morgan fingerprint density at radius 1 is 1.09 bits per heavy atom. The van der Waals surface area contributed by atoms with E-state index in [1.807, 2.05) is 24.5 Å². The summed E-state index contributed by atoms with van der Waals surface area (Å²) in [6, 6.07) is 10.6. The first-order valence-corrected chi connectivity index (χ1v) is 8.36. The Morgan fingerprint density at radius 2 is 1.96 bits per heavy atom. The number of hydrogen-bond acceptors (Lipinski definition) is 5. The van der Waals surface area contributed by atoms with Crippen molar-refractivity contribution in [3.63, 3.8) is 0 Å². The first-order chi connectivity index (χ1) is 11.4. The predicted octanol–water partition coefficient (Wildman–Crippen LogP) is 2.88. The number of ether oxygens (including phenoxy) is 1. The molecule has 120 valence electrons. The zero-order valence-corrected chi connectivity index (χ0v) is 13.2. The van der Waals surface area contributed by atoms with Gasteiger partial charge in [0.05, 0.1) is 36.8 Å². The molecule has 1 atom stereocenters. The number of aromatic nitrogens is 2. The van der Waals surface area contributed by atoms with E-state index < -0.39 is 0 Å². The molecule has 2 aliphatic rings. The van der Waals surface area contributed by atoms with E-state index in [-0.39, 0.29) is 6.04 Å². The van der Waals surface area contributed by atoms with Gasteiger partial charge in [0.1, 0.15) is 5.82 Å². The van der Waals surface area contributed by atoms with Gasteiger partial charge >= 0.3 is 0 Å². The number of hydrogen-bond donors (Lipinski definition) is 1. The van der Waals surface area contributed by atoms with Crippen molar-refractivity contribution in [3.8, 4) is 0 Å². The number of morpholine rings is 1. The molecular formula is C18H22N4O. The lowest BCUT2D eigenvalue weighted by atomic mass is 10.1. The van der Waals surface area contributed by atoms with Crippen molar-refractivity contribution in [3.05, 3.63) is 48.4 Å². The lowest BCUT2D eigenvalue weighted by molar-refractivity contribution is 0.122. The third kappa shape index (κ3) is 3.45. The van der Waals surface area contributed by atoms with Crippen LogP contribution in [0.5, 0.6) is 0 Å². The highest BCUT2D eigenvalue weighted by Gasteiger charge is 2.33. The van der Waals surface area contributed by atoms with Gasteiger partial charge in [-0.15, -0.1) is 0 Å². The molecule has 1 N–H and O–H groups in total. The highest BCUT2D eigenvalue weighted by molar-refractivity contribution is 5.50. The van der Waals surface area contributed by atoms with Gasteiger partial charge in [-0.1, -0.05) is 6.07 Å². The maximum absolute atomic E-state index is 5.40. The van der Waals surface area contributed by atoms with Crippen LogP contribution in [-0.2, 0) is 4.74 Å². The third-order valence-electron chi connectivity index (χ3n) is 4.53. The third-order valence-corrected chi connectivity index (χ3v) is 4.53. The second-order valence-electron chi connectivity index (χ2n) is 6.22. The van der Waals surface area contributed by atoms with Crippen LogP contribution >= 0.6 is 0 Å². The zero-order chi connectivity index (χ0) is 15.5. The molecule has 1 aliphatic heterocycles. The molecule has 0 spiro atoms. The molecule has 0 bridgehead atoms. The van der Waals surface area contributed by atoms with Gasteiger partial charge < -0.3 is 15.0 Å². The van der Waals surface area contributed by atoms with Gasteiger partial charge in [-0.25, -0.2) is 4.98 Å². The Hall–Kier alpha value is -2.14. The second kappa shape index (κ2) is 6.54. The van der Waals surface area contributed by atoms with E-state index in [2.05, 4.69) is 38.4 Å². The lowest BCUT2D eigenvalue weighted by Gasteiger charge is -2.28. The fourth-order valence-corrected chi connectivity index (χ4v) is 3.06. The SMILES string of the molecule is c1ccc(C(Nc2ccc(N3CCOCC3)cn2)C2CC2)nc1. The number of nitrogens with zero attached hydrogens (tertiary/aromatic N) is 3. The normalized spacial score (nSPS) is 19.4. The summed E-state index contributed by atoms with van der Waals surface area (Å²) in [5.41, 5.74) is 2.27. The average Bonchev–Trinajstić information content (AvgIpc) is 3.47. The minimum absolute atomic E-state index is 0.262. The van der Waals surface area contributed by atoms with E-state index in [0.29, 0.717) is 5.92 Å². The van der Waals surface area contributed by atoms with Crippen LogP contribution in [-0.4, -0.2) is 36.3 Å². The summed E-state index contributed by atoms with van der Waals surface area (Å²) in [6.45, 7) is 3.47. The maximum atomic E-state index is 5.40. The molecule has 5 heteroatoms. The monoisotopic (exact) mass is 310 g/mol. The van der Waals surface area contributed by atoms with Crippen LogP contribution in [0.25, 0.3) is 0 Å². The van der Waals surface area contributed by atoms with E-state index in [1.54, 1.807) is 0 Å². The molecule has 2 aromatic heterocycles. The maximum Gasteiger partial charge on any atom is 0.126 e. The largest absolute Gasteiger partial charge is 0.378 e. The minimum Gasteiger partial charge on any atom is -0.378 e. The number of rotatable bonds is 5. The number of pyridine rings is 2. The van der Waals surface area contributed by atoms with Crippen molar-refractivity contribution in [2.75, 3.05) is 36.5 Å². The van der Waals surface area contributed by atoms with Gasteiger partial charge in [-0.2, -0.15) is 0 Å². The Balaban J connectivity index is 1.47. The number of anilines is 2. The predicted molar refractivity (Wildman–Crippen MR) is 90.6 cm³/mol. The minimum atomic E-state index is 0.262. The van der Waals surface area contributed by atoms with Gasteiger partial charge in [-0.3, -0.25) is 4.98 Å². The highest BCUT2D eigenvalue weighted by atomic mass is 16.5. The van der Waals surface area contributed by atoms with E-state index in [1.165, 1.54) is 18.5 Å². The number of nitrogens with one attached hydrogen (secondary N) is 1. The smallest absolute Gasteiger partial charge is 0.126 e. The molecule has 0 radical (unpaired) electrons. The fraction of sp³-hybridized carbons (Fsp3) is 0.444. The molecule has 1 aliphatic carbocycles.